The van der Waals surface area contributed by atoms with E-state index in [1.54, 1.807) is 12.4 Å². The predicted molar refractivity (Wildman–Crippen MR) is 71.9 cm³/mol. The van der Waals surface area contributed by atoms with Gasteiger partial charge in [-0.25, -0.2) is 0 Å². The summed E-state index contributed by atoms with van der Waals surface area (Å²) >= 11 is 0. The van der Waals surface area contributed by atoms with Crippen molar-refractivity contribution in [2.75, 3.05) is 18.1 Å². The van der Waals surface area contributed by atoms with E-state index in [1.165, 1.54) is 0 Å². The van der Waals surface area contributed by atoms with Crippen LogP contribution in [0.1, 0.15) is 26.7 Å². The van der Waals surface area contributed by atoms with Crippen molar-refractivity contribution in [2.45, 2.75) is 32.7 Å². The SMILES string of the molecule is CCOc1cncc(N2C[C@@H](C(N)=O)CC[C@@H]2C)n1. The predicted octanol–water partition coefficient (Wildman–Crippen LogP) is 0.965. The number of anilines is 1. The molecule has 0 saturated carbocycles. The lowest BCUT2D eigenvalue weighted by molar-refractivity contribution is -0.122. The molecule has 1 amide bonds. The maximum Gasteiger partial charge on any atom is 0.234 e. The molecule has 2 N–H and O–H groups in total. The van der Waals surface area contributed by atoms with Gasteiger partial charge in [0.15, 0.2) is 5.82 Å². The average Bonchev–Trinajstić information content (AvgIpc) is 2.39. The number of carbonyl (C=O) groups is 1. The van der Waals surface area contributed by atoms with Crippen molar-refractivity contribution in [2.24, 2.45) is 11.7 Å². The first-order valence-electron chi connectivity index (χ1n) is 6.62. The Morgan fingerprint density at radius 1 is 1.53 bits per heavy atom. The minimum atomic E-state index is -0.245. The van der Waals surface area contributed by atoms with Crippen LogP contribution in [0.3, 0.4) is 0 Å². The molecule has 1 aliphatic heterocycles. The molecule has 2 rings (SSSR count). The lowest BCUT2D eigenvalue weighted by Crippen LogP contribution is -2.46. The van der Waals surface area contributed by atoms with Crippen LogP contribution in [0, 0.1) is 5.92 Å². The fourth-order valence-electron chi connectivity index (χ4n) is 2.35. The van der Waals surface area contributed by atoms with Gasteiger partial charge in [-0.05, 0) is 26.7 Å². The Balaban J connectivity index is 2.18. The molecule has 1 saturated heterocycles. The number of rotatable bonds is 4. The number of carbonyl (C=O) groups excluding carboxylic acids is 1. The van der Waals surface area contributed by atoms with Gasteiger partial charge >= 0.3 is 0 Å². The van der Waals surface area contributed by atoms with Gasteiger partial charge in [0, 0.05) is 12.6 Å². The standard InChI is InChI=1S/C13H20N4O2/c1-3-19-12-7-15-6-11(16-12)17-8-10(13(14)18)5-4-9(17)2/h6-7,9-10H,3-5,8H2,1-2H3,(H2,14,18)/t9-,10-/m0/s1. The summed E-state index contributed by atoms with van der Waals surface area (Å²) < 4.78 is 5.35. The Labute approximate surface area is 113 Å². The number of aromatic nitrogens is 2. The summed E-state index contributed by atoms with van der Waals surface area (Å²) in [4.78, 5) is 22.0. The fourth-order valence-corrected chi connectivity index (χ4v) is 2.35. The first-order chi connectivity index (χ1) is 9.11. The second kappa shape index (κ2) is 5.86. The van der Waals surface area contributed by atoms with Gasteiger partial charge in [-0.15, -0.1) is 0 Å². The molecule has 6 heteroatoms. The summed E-state index contributed by atoms with van der Waals surface area (Å²) in [7, 11) is 0. The van der Waals surface area contributed by atoms with E-state index in [2.05, 4.69) is 21.8 Å². The summed E-state index contributed by atoms with van der Waals surface area (Å²) in [6.45, 7) is 5.17. The van der Waals surface area contributed by atoms with E-state index in [9.17, 15) is 4.79 Å². The van der Waals surface area contributed by atoms with Gasteiger partial charge in [0.2, 0.25) is 11.8 Å². The molecule has 0 bridgehead atoms. The number of amides is 1. The lowest BCUT2D eigenvalue weighted by Gasteiger charge is -2.37. The third-order valence-corrected chi connectivity index (χ3v) is 3.47. The molecule has 2 heterocycles. The van der Waals surface area contributed by atoms with E-state index in [4.69, 9.17) is 10.5 Å². The normalized spacial score (nSPS) is 23.2. The van der Waals surface area contributed by atoms with Gasteiger partial charge in [-0.2, -0.15) is 4.98 Å². The zero-order valence-corrected chi connectivity index (χ0v) is 11.4. The van der Waals surface area contributed by atoms with E-state index < -0.39 is 0 Å². The Bertz CT molecular complexity index is 452. The van der Waals surface area contributed by atoms with Gasteiger partial charge < -0.3 is 15.4 Å². The van der Waals surface area contributed by atoms with Crippen molar-refractivity contribution in [1.82, 2.24) is 9.97 Å². The lowest BCUT2D eigenvalue weighted by atomic mass is 9.93. The molecule has 0 aliphatic carbocycles. The first kappa shape index (κ1) is 13.6. The molecule has 1 fully saturated rings. The van der Waals surface area contributed by atoms with Crippen LogP contribution in [0.25, 0.3) is 0 Å². The molecule has 6 nitrogen and oxygen atoms in total. The van der Waals surface area contributed by atoms with Crippen LogP contribution < -0.4 is 15.4 Å². The minimum absolute atomic E-state index is 0.117. The summed E-state index contributed by atoms with van der Waals surface area (Å²) in [5.74, 6) is 0.886. The van der Waals surface area contributed by atoms with Gasteiger partial charge in [-0.1, -0.05) is 0 Å². The fraction of sp³-hybridized carbons (Fsp3) is 0.615. The molecule has 0 unspecified atom stereocenters. The van der Waals surface area contributed by atoms with E-state index in [0.29, 0.717) is 25.1 Å². The van der Waals surface area contributed by atoms with Gasteiger partial charge in [-0.3, -0.25) is 9.78 Å². The summed E-state index contributed by atoms with van der Waals surface area (Å²) in [5.41, 5.74) is 5.40. The van der Waals surface area contributed by atoms with E-state index >= 15 is 0 Å². The monoisotopic (exact) mass is 264 g/mol. The molecule has 0 radical (unpaired) electrons. The average molecular weight is 264 g/mol. The van der Waals surface area contributed by atoms with Crippen molar-refractivity contribution in [3.63, 3.8) is 0 Å². The zero-order valence-electron chi connectivity index (χ0n) is 11.4. The number of primary amides is 1. The van der Waals surface area contributed by atoms with Crippen molar-refractivity contribution in [3.05, 3.63) is 12.4 Å². The van der Waals surface area contributed by atoms with Crippen LogP contribution >= 0.6 is 0 Å². The van der Waals surface area contributed by atoms with Crippen molar-refractivity contribution in [3.8, 4) is 5.88 Å². The van der Waals surface area contributed by atoms with Gasteiger partial charge in [0.25, 0.3) is 0 Å². The van der Waals surface area contributed by atoms with Crippen LogP contribution in [0.15, 0.2) is 12.4 Å². The number of ether oxygens (including phenoxy) is 1. The third-order valence-electron chi connectivity index (χ3n) is 3.47. The van der Waals surface area contributed by atoms with Crippen molar-refractivity contribution < 1.29 is 9.53 Å². The smallest absolute Gasteiger partial charge is 0.234 e. The Kier molecular flexibility index (Phi) is 4.19. The highest BCUT2D eigenvalue weighted by atomic mass is 16.5. The Morgan fingerprint density at radius 2 is 2.32 bits per heavy atom. The second-order valence-corrected chi connectivity index (χ2v) is 4.83. The summed E-state index contributed by atoms with van der Waals surface area (Å²) in [5, 5.41) is 0. The molecule has 1 aliphatic rings. The van der Waals surface area contributed by atoms with Crippen LogP contribution in [0.2, 0.25) is 0 Å². The Morgan fingerprint density at radius 3 is 3.00 bits per heavy atom. The summed E-state index contributed by atoms with van der Waals surface area (Å²) in [6.07, 6.45) is 5.05. The highest BCUT2D eigenvalue weighted by Crippen LogP contribution is 2.26. The number of hydrogen-bond acceptors (Lipinski definition) is 5. The minimum Gasteiger partial charge on any atom is -0.477 e. The molecule has 19 heavy (non-hydrogen) atoms. The number of nitrogens with zero attached hydrogens (tertiary/aromatic N) is 3. The molecule has 0 spiro atoms. The molecular formula is C13H20N4O2. The quantitative estimate of drug-likeness (QED) is 0.876. The van der Waals surface area contributed by atoms with Crippen molar-refractivity contribution in [1.29, 1.82) is 0 Å². The molecule has 0 aromatic carbocycles. The topological polar surface area (TPSA) is 81.3 Å². The molecule has 1 aromatic rings. The van der Waals surface area contributed by atoms with Crippen LogP contribution in [-0.4, -0.2) is 35.1 Å². The first-order valence-corrected chi connectivity index (χ1v) is 6.62. The number of hydrogen-bond donors (Lipinski definition) is 1. The summed E-state index contributed by atoms with van der Waals surface area (Å²) in [6, 6.07) is 0.321. The second-order valence-electron chi connectivity index (χ2n) is 4.83. The highest BCUT2D eigenvalue weighted by Gasteiger charge is 2.29. The van der Waals surface area contributed by atoms with Gasteiger partial charge in [0.05, 0.1) is 24.9 Å². The molecule has 104 valence electrons. The highest BCUT2D eigenvalue weighted by molar-refractivity contribution is 5.77. The largest absolute Gasteiger partial charge is 0.477 e. The number of nitrogens with two attached hydrogens (primary N) is 1. The maximum absolute atomic E-state index is 11.3. The van der Waals surface area contributed by atoms with Gasteiger partial charge in [0.1, 0.15) is 0 Å². The van der Waals surface area contributed by atoms with E-state index in [1.807, 2.05) is 6.92 Å². The van der Waals surface area contributed by atoms with Crippen LogP contribution in [-0.2, 0) is 4.79 Å². The number of piperidine rings is 1. The van der Waals surface area contributed by atoms with Crippen LogP contribution in [0.4, 0.5) is 5.82 Å². The van der Waals surface area contributed by atoms with E-state index in [0.717, 1.165) is 18.7 Å². The maximum atomic E-state index is 11.3. The molecular weight excluding hydrogens is 244 g/mol. The molecule has 1 aromatic heterocycles. The van der Waals surface area contributed by atoms with Crippen molar-refractivity contribution >= 4 is 11.7 Å². The third kappa shape index (κ3) is 3.13. The molecule has 2 atom stereocenters. The van der Waals surface area contributed by atoms with Crippen LogP contribution in [0.5, 0.6) is 5.88 Å². The van der Waals surface area contributed by atoms with E-state index in [-0.39, 0.29) is 11.8 Å². The Hall–Kier alpha value is -1.85. The zero-order chi connectivity index (χ0) is 13.8.